The predicted molar refractivity (Wildman–Crippen MR) is 96.1 cm³/mol. The van der Waals surface area contributed by atoms with Crippen LogP contribution < -0.4 is 5.73 Å². The van der Waals surface area contributed by atoms with Gasteiger partial charge in [-0.3, -0.25) is 9.69 Å². The third kappa shape index (κ3) is 3.83. The van der Waals surface area contributed by atoms with Gasteiger partial charge in [-0.15, -0.1) is 0 Å². The number of rotatable bonds is 5. The third-order valence-corrected chi connectivity index (χ3v) is 4.60. The van der Waals surface area contributed by atoms with Gasteiger partial charge in [0.25, 0.3) is 5.91 Å². The number of halogens is 2. The molecule has 0 bridgehead atoms. The summed E-state index contributed by atoms with van der Waals surface area (Å²) in [5, 5.41) is 0.379. The van der Waals surface area contributed by atoms with Gasteiger partial charge in [-0.25, -0.2) is 4.39 Å². The zero-order valence-corrected chi connectivity index (χ0v) is 15.3. The molecule has 0 aliphatic carbocycles. The first-order chi connectivity index (χ1) is 11.2. The highest BCUT2D eigenvalue weighted by Gasteiger charge is 2.15. The Kier molecular flexibility index (Phi) is 5.74. The molecule has 0 saturated heterocycles. The number of carbonyl (C=O) groups excluding carboxylic acids is 1. The number of hydrogen-bond donors (Lipinski definition) is 1. The largest absolute Gasteiger partial charge is 0.365 e. The topological polar surface area (TPSA) is 51.3 Å². The summed E-state index contributed by atoms with van der Waals surface area (Å²) in [6.45, 7) is 4.40. The zero-order valence-electron chi connectivity index (χ0n) is 13.8. The predicted octanol–water partition coefficient (Wildman–Crippen LogP) is 3.82. The summed E-state index contributed by atoms with van der Waals surface area (Å²) in [5.74, 6) is -0.901. The molecule has 0 aliphatic rings. The molecule has 0 unspecified atom stereocenters. The smallest absolute Gasteiger partial charge is 0.251 e. The van der Waals surface area contributed by atoms with Crippen molar-refractivity contribution < 1.29 is 9.18 Å². The molecule has 0 fully saturated rings. The van der Waals surface area contributed by atoms with Crippen LogP contribution in [0.3, 0.4) is 0 Å². The van der Waals surface area contributed by atoms with Crippen LogP contribution in [-0.2, 0) is 13.2 Å². The highest BCUT2D eigenvalue weighted by molar-refractivity contribution is 7.71. The maximum atomic E-state index is 13.9. The molecule has 128 valence electrons. The van der Waals surface area contributed by atoms with E-state index in [4.69, 9.17) is 29.6 Å². The van der Waals surface area contributed by atoms with E-state index in [2.05, 4.69) is 0 Å². The molecule has 1 aromatic carbocycles. The quantitative estimate of drug-likeness (QED) is 0.817. The number of nitrogens with two attached hydrogens (primary N) is 1. The van der Waals surface area contributed by atoms with E-state index in [0.717, 1.165) is 11.3 Å². The van der Waals surface area contributed by atoms with Crippen LogP contribution in [0.15, 0.2) is 24.3 Å². The van der Waals surface area contributed by atoms with Crippen LogP contribution >= 0.6 is 23.8 Å². The van der Waals surface area contributed by atoms with Gasteiger partial charge < -0.3 is 10.3 Å². The minimum atomic E-state index is -0.550. The second-order valence-corrected chi connectivity index (χ2v) is 6.59. The third-order valence-electron chi connectivity index (χ3n) is 3.82. The van der Waals surface area contributed by atoms with Crippen molar-refractivity contribution in [1.82, 2.24) is 9.47 Å². The molecule has 1 heterocycles. The van der Waals surface area contributed by atoms with E-state index < -0.39 is 5.91 Å². The van der Waals surface area contributed by atoms with E-state index in [1.54, 1.807) is 23.6 Å². The summed E-state index contributed by atoms with van der Waals surface area (Å²) < 4.78 is 16.1. The lowest BCUT2D eigenvalue weighted by Gasteiger charge is -2.22. The van der Waals surface area contributed by atoms with Gasteiger partial charge in [-0.1, -0.05) is 29.9 Å². The molecule has 0 atom stereocenters. The Labute approximate surface area is 150 Å². The first kappa shape index (κ1) is 18.6. The van der Waals surface area contributed by atoms with Crippen LogP contribution in [0.1, 0.15) is 27.2 Å². The van der Waals surface area contributed by atoms with Crippen LogP contribution in [0.4, 0.5) is 4.39 Å². The molecule has 0 saturated carbocycles. The number of aromatic nitrogens is 1. The van der Waals surface area contributed by atoms with Crippen molar-refractivity contribution >= 4 is 29.7 Å². The normalized spacial score (nSPS) is 11.1. The molecule has 24 heavy (non-hydrogen) atoms. The minimum absolute atomic E-state index is 0.312. The molecular weight excluding hydrogens is 349 g/mol. The molecule has 2 rings (SSSR count). The maximum Gasteiger partial charge on any atom is 0.251 e. The number of pyridine rings is 1. The van der Waals surface area contributed by atoms with E-state index in [0.29, 0.717) is 34.0 Å². The van der Waals surface area contributed by atoms with Gasteiger partial charge in [0, 0.05) is 22.8 Å². The fraction of sp³-hybridized carbons (Fsp3) is 0.294. The maximum absolute atomic E-state index is 13.9. The van der Waals surface area contributed by atoms with Gasteiger partial charge >= 0.3 is 0 Å². The number of carbonyl (C=O) groups is 1. The summed E-state index contributed by atoms with van der Waals surface area (Å²) in [4.78, 5) is 13.5. The first-order valence-electron chi connectivity index (χ1n) is 7.34. The molecule has 0 radical (unpaired) electrons. The van der Waals surface area contributed by atoms with Crippen molar-refractivity contribution in [2.75, 3.05) is 7.05 Å². The Morgan fingerprint density at radius 1 is 1.42 bits per heavy atom. The number of nitrogens with zero attached hydrogens (tertiary/aromatic N) is 2. The summed E-state index contributed by atoms with van der Waals surface area (Å²) in [6.07, 6.45) is 0. The van der Waals surface area contributed by atoms with Crippen LogP contribution in [0.25, 0.3) is 0 Å². The van der Waals surface area contributed by atoms with E-state index in [1.165, 1.54) is 6.07 Å². The van der Waals surface area contributed by atoms with Crippen LogP contribution in [0, 0.1) is 24.3 Å². The average Bonchev–Trinajstić information content (AvgIpc) is 2.47. The van der Waals surface area contributed by atoms with Crippen molar-refractivity contribution in [2.45, 2.75) is 27.1 Å². The molecule has 7 heteroatoms. The highest BCUT2D eigenvalue weighted by Crippen LogP contribution is 2.21. The monoisotopic (exact) mass is 367 g/mol. The lowest BCUT2D eigenvalue weighted by Crippen LogP contribution is -2.26. The minimum Gasteiger partial charge on any atom is -0.365 e. The van der Waals surface area contributed by atoms with E-state index in [1.807, 2.05) is 24.9 Å². The van der Waals surface area contributed by atoms with E-state index in [9.17, 15) is 9.18 Å². The SMILES string of the molecule is Cc1cc(C)n(CN(C)Cc2c(F)cccc2Cl)c(=S)c1C(N)=O. The molecular formula is C17H19ClFN3OS. The lowest BCUT2D eigenvalue weighted by atomic mass is 10.1. The Bertz CT molecular complexity index is 830. The second kappa shape index (κ2) is 7.42. The summed E-state index contributed by atoms with van der Waals surface area (Å²) in [5.41, 5.74) is 7.84. The summed E-state index contributed by atoms with van der Waals surface area (Å²) in [6, 6.07) is 6.46. The van der Waals surface area contributed by atoms with E-state index in [-0.39, 0.29) is 5.82 Å². The number of benzene rings is 1. The highest BCUT2D eigenvalue weighted by atomic mass is 35.5. The Morgan fingerprint density at radius 3 is 2.67 bits per heavy atom. The molecule has 1 aromatic heterocycles. The molecule has 0 spiro atoms. The van der Waals surface area contributed by atoms with Crippen LogP contribution in [0.2, 0.25) is 5.02 Å². The number of amides is 1. The van der Waals surface area contributed by atoms with Crippen molar-refractivity contribution in [2.24, 2.45) is 5.73 Å². The Balaban J connectivity index is 2.33. The number of aryl methyl sites for hydroxylation is 2. The van der Waals surface area contributed by atoms with Crippen molar-refractivity contribution in [3.63, 3.8) is 0 Å². The van der Waals surface area contributed by atoms with Crippen LogP contribution in [-0.4, -0.2) is 22.4 Å². The van der Waals surface area contributed by atoms with Gasteiger partial charge in [0.05, 0.1) is 12.2 Å². The number of primary amides is 1. The molecule has 0 aliphatic heterocycles. The van der Waals surface area contributed by atoms with Crippen molar-refractivity contribution in [1.29, 1.82) is 0 Å². The first-order valence-corrected chi connectivity index (χ1v) is 8.13. The fourth-order valence-corrected chi connectivity index (χ4v) is 3.33. The van der Waals surface area contributed by atoms with Gasteiger partial charge in [-0.05, 0) is 44.7 Å². The van der Waals surface area contributed by atoms with Crippen molar-refractivity contribution in [3.8, 4) is 0 Å². The fourth-order valence-electron chi connectivity index (χ4n) is 2.65. The zero-order chi connectivity index (χ0) is 18.0. The standard InChI is InChI=1S/C17H19ClFN3OS/c1-10-7-11(2)22(17(24)15(10)16(20)23)9-21(3)8-12-13(18)5-4-6-14(12)19/h4-7H,8-9H2,1-3H3,(H2,20,23). The van der Waals surface area contributed by atoms with Gasteiger partial charge in [0.1, 0.15) is 10.5 Å². The Morgan fingerprint density at radius 2 is 2.08 bits per heavy atom. The lowest BCUT2D eigenvalue weighted by molar-refractivity contribution is 0.0998. The molecule has 2 aromatic rings. The van der Waals surface area contributed by atoms with Crippen molar-refractivity contribution in [3.05, 3.63) is 62.1 Å². The average molecular weight is 368 g/mol. The van der Waals surface area contributed by atoms with Gasteiger partial charge in [0.2, 0.25) is 0 Å². The number of hydrogen-bond acceptors (Lipinski definition) is 3. The summed E-state index contributed by atoms with van der Waals surface area (Å²) in [7, 11) is 1.83. The molecule has 2 N–H and O–H groups in total. The molecule has 4 nitrogen and oxygen atoms in total. The second-order valence-electron chi connectivity index (χ2n) is 5.80. The molecule has 1 amide bonds. The van der Waals surface area contributed by atoms with Gasteiger partial charge in [-0.2, -0.15) is 0 Å². The Hall–Kier alpha value is -1.76. The van der Waals surface area contributed by atoms with Gasteiger partial charge in [0.15, 0.2) is 0 Å². The van der Waals surface area contributed by atoms with E-state index >= 15 is 0 Å². The summed E-state index contributed by atoms with van der Waals surface area (Å²) >= 11 is 11.5. The van der Waals surface area contributed by atoms with Crippen LogP contribution in [0.5, 0.6) is 0 Å².